The molecule has 2 heterocycles. The molecule has 0 saturated carbocycles. The molecule has 0 saturated heterocycles. The van der Waals surface area contributed by atoms with E-state index < -0.39 is 0 Å². The molecule has 0 radical (unpaired) electrons. The van der Waals surface area contributed by atoms with Gasteiger partial charge in [-0.25, -0.2) is 0 Å². The number of aryl methyl sites for hydroxylation is 2. The van der Waals surface area contributed by atoms with E-state index in [2.05, 4.69) is 31.4 Å². The second-order valence-electron chi connectivity index (χ2n) is 6.06. The van der Waals surface area contributed by atoms with Crippen molar-refractivity contribution in [1.82, 2.24) is 19.6 Å². The Kier molecular flexibility index (Phi) is 5.78. The van der Waals surface area contributed by atoms with Gasteiger partial charge in [-0.05, 0) is 47.5 Å². The highest BCUT2D eigenvalue weighted by atomic mass is 79.9. The Morgan fingerprint density at radius 3 is 2.77 bits per heavy atom. The molecule has 0 spiro atoms. The molecule has 8 heteroatoms. The normalized spacial score (nSPS) is 10.9. The van der Waals surface area contributed by atoms with E-state index in [1.807, 2.05) is 48.9 Å². The van der Waals surface area contributed by atoms with Crippen molar-refractivity contribution >= 4 is 39.3 Å². The molecule has 0 aliphatic carbocycles. The highest BCUT2D eigenvalue weighted by Gasteiger charge is 2.10. The van der Waals surface area contributed by atoms with E-state index in [9.17, 15) is 4.79 Å². The van der Waals surface area contributed by atoms with E-state index in [1.54, 1.807) is 10.9 Å². The Morgan fingerprint density at radius 1 is 1.27 bits per heavy atom. The van der Waals surface area contributed by atoms with Gasteiger partial charge in [-0.2, -0.15) is 10.2 Å². The third kappa shape index (κ3) is 4.53. The van der Waals surface area contributed by atoms with Crippen molar-refractivity contribution in [3.8, 4) is 0 Å². The Morgan fingerprint density at radius 2 is 2.08 bits per heavy atom. The SMILES string of the molecule is Cc1cc(NC(=O)CCn2ncc(Br)c2C)nn1Cc1cccc(Cl)c1. The quantitative estimate of drug-likeness (QED) is 0.630. The first kappa shape index (κ1) is 18.7. The van der Waals surface area contributed by atoms with Crippen LogP contribution < -0.4 is 5.32 Å². The number of hydrogen-bond donors (Lipinski definition) is 1. The fourth-order valence-electron chi connectivity index (χ4n) is 2.60. The summed E-state index contributed by atoms with van der Waals surface area (Å²) in [7, 11) is 0. The van der Waals surface area contributed by atoms with Crippen LogP contribution in [0.2, 0.25) is 5.02 Å². The molecule has 2 aromatic heterocycles. The molecule has 1 aromatic carbocycles. The number of hydrogen-bond acceptors (Lipinski definition) is 3. The van der Waals surface area contributed by atoms with Crippen LogP contribution in [0.25, 0.3) is 0 Å². The number of carbonyl (C=O) groups is 1. The van der Waals surface area contributed by atoms with Gasteiger partial charge in [0.05, 0.1) is 23.8 Å². The summed E-state index contributed by atoms with van der Waals surface area (Å²) in [6.45, 7) is 5.03. The van der Waals surface area contributed by atoms with Crippen LogP contribution in [0.4, 0.5) is 5.82 Å². The van der Waals surface area contributed by atoms with Crippen molar-refractivity contribution in [3.05, 3.63) is 63.0 Å². The van der Waals surface area contributed by atoms with Crippen LogP contribution in [0.1, 0.15) is 23.4 Å². The van der Waals surface area contributed by atoms with E-state index in [0.29, 0.717) is 30.4 Å². The van der Waals surface area contributed by atoms with E-state index in [-0.39, 0.29) is 5.91 Å². The molecule has 1 N–H and O–H groups in total. The lowest BCUT2D eigenvalue weighted by Gasteiger charge is -2.06. The average Bonchev–Trinajstić information content (AvgIpc) is 3.09. The number of nitrogens with one attached hydrogen (secondary N) is 1. The molecule has 6 nitrogen and oxygen atoms in total. The lowest BCUT2D eigenvalue weighted by atomic mass is 10.2. The second kappa shape index (κ2) is 8.05. The van der Waals surface area contributed by atoms with Crippen LogP contribution in [0.3, 0.4) is 0 Å². The summed E-state index contributed by atoms with van der Waals surface area (Å²) in [5.74, 6) is 0.455. The molecule has 26 heavy (non-hydrogen) atoms. The van der Waals surface area contributed by atoms with Gasteiger partial charge in [0.1, 0.15) is 0 Å². The summed E-state index contributed by atoms with van der Waals surface area (Å²) in [5, 5.41) is 12.2. The number of carbonyl (C=O) groups excluding carboxylic acids is 1. The monoisotopic (exact) mass is 435 g/mol. The molecule has 0 bridgehead atoms. The van der Waals surface area contributed by atoms with Gasteiger partial charge in [-0.3, -0.25) is 14.2 Å². The van der Waals surface area contributed by atoms with Crippen molar-refractivity contribution in [2.24, 2.45) is 0 Å². The summed E-state index contributed by atoms with van der Waals surface area (Å²) in [4.78, 5) is 12.2. The molecular weight excluding hydrogens is 418 g/mol. The number of aromatic nitrogens is 4. The maximum Gasteiger partial charge on any atom is 0.227 e. The van der Waals surface area contributed by atoms with Gasteiger partial charge in [-0.15, -0.1) is 0 Å². The van der Waals surface area contributed by atoms with Gasteiger partial charge in [0, 0.05) is 28.9 Å². The molecule has 0 fully saturated rings. The zero-order valence-electron chi connectivity index (χ0n) is 14.5. The number of benzene rings is 1. The number of rotatable bonds is 6. The fraction of sp³-hybridized carbons (Fsp3) is 0.278. The van der Waals surface area contributed by atoms with Crippen molar-refractivity contribution < 1.29 is 4.79 Å². The molecule has 1 amide bonds. The summed E-state index contributed by atoms with van der Waals surface area (Å²) in [6.07, 6.45) is 2.06. The zero-order valence-corrected chi connectivity index (χ0v) is 16.9. The van der Waals surface area contributed by atoms with Crippen molar-refractivity contribution in [1.29, 1.82) is 0 Å². The van der Waals surface area contributed by atoms with Gasteiger partial charge in [0.15, 0.2) is 5.82 Å². The Balaban J connectivity index is 1.60. The minimum absolute atomic E-state index is 0.0940. The predicted octanol–water partition coefficient (Wildman–Crippen LogP) is 4.19. The molecule has 0 unspecified atom stereocenters. The first-order valence-electron chi connectivity index (χ1n) is 8.19. The standard InChI is InChI=1S/C18H19BrClN5O/c1-12-8-17(23-25(12)11-14-4-3-5-15(20)9-14)22-18(26)6-7-24-13(2)16(19)10-21-24/h3-5,8-10H,6-7,11H2,1-2H3,(H,22,23,26). The van der Waals surface area contributed by atoms with Gasteiger partial charge < -0.3 is 5.32 Å². The Bertz CT molecular complexity index is 934. The lowest BCUT2D eigenvalue weighted by Crippen LogP contribution is -2.16. The van der Waals surface area contributed by atoms with Crippen molar-refractivity contribution in [2.45, 2.75) is 33.4 Å². The van der Waals surface area contributed by atoms with Gasteiger partial charge in [0.25, 0.3) is 0 Å². The number of amides is 1. The van der Waals surface area contributed by atoms with Crippen LogP contribution in [0, 0.1) is 13.8 Å². The maximum absolute atomic E-state index is 12.2. The molecule has 0 aliphatic heterocycles. The summed E-state index contributed by atoms with van der Waals surface area (Å²) in [5.41, 5.74) is 3.02. The van der Waals surface area contributed by atoms with E-state index in [0.717, 1.165) is 21.4 Å². The summed E-state index contributed by atoms with van der Waals surface area (Å²) >= 11 is 9.44. The topological polar surface area (TPSA) is 64.7 Å². The fourth-order valence-corrected chi connectivity index (χ4v) is 3.11. The third-order valence-corrected chi connectivity index (χ3v) is 5.08. The highest BCUT2D eigenvalue weighted by Crippen LogP contribution is 2.16. The number of anilines is 1. The van der Waals surface area contributed by atoms with Crippen molar-refractivity contribution in [3.63, 3.8) is 0 Å². The maximum atomic E-state index is 12.2. The van der Waals surface area contributed by atoms with Crippen molar-refractivity contribution in [2.75, 3.05) is 5.32 Å². The highest BCUT2D eigenvalue weighted by molar-refractivity contribution is 9.10. The minimum Gasteiger partial charge on any atom is -0.309 e. The van der Waals surface area contributed by atoms with Gasteiger partial charge >= 0.3 is 0 Å². The van der Waals surface area contributed by atoms with E-state index >= 15 is 0 Å². The first-order chi connectivity index (χ1) is 12.4. The minimum atomic E-state index is -0.0940. The average molecular weight is 437 g/mol. The van der Waals surface area contributed by atoms with E-state index in [4.69, 9.17) is 11.6 Å². The van der Waals surface area contributed by atoms with E-state index in [1.165, 1.54) is 0 Å². The second-order valence-corrected chi connectivity index (χ2v) is 7.35. The third-order valence-electron chi connectivity index (χ3n) is 4.06. The Labute approximate surface area is 165 Å². The van der Waals surface area contributed by atoms with Gasteiger partial charge in [0.2, 0.25) is 5.91 Å². The number of nitrogens with zero attached hydrogens (tertiary/aromatic N) is 4. The first-order valence-corrected chi connectivity index (χ1v) is 9.36. The smallest absolute Gasteiger partial charge is 0.227 e. The van der Waals surface area contributed by atoms with Crippen LogP contribution in [-0.4, -0.2) is 25.5 Å². The summed E-state index contributed by atoms with van der Waals surface area (Å²) < 4.78 is 4.58. The number of halogens is 2. The molecule has 3 rings (SSSR count). The van der Waals surface area contributed by atoms with Crippen LogP contribution in [0.5, 0.6) is 0 Å². The molecule has 3 aromatic rings. The molecule has 0 aliphatic rings. The molecule has 136 valence electrons. The van der Waals surface area contributed by atoms with Crippen LogP contribution in [0.15, 0.2) is 41.0 Å². The predicted molar refractivity (Wildman–Crippen MR) is 105 cm³/mol. The van der Waals surface area contributed by atoms with Gasteiger partial charge in [-0.1, -0.05) is 23.7 Å². The van der Waals surface area contributed by atoms with Crippen LogP contribution in [-0.2, 0) is 17.9 Å². The zero-order chi connectivity index (χ0) is 18.7. The molecule has 0 atom stereocenters. The largest absolute Gasteiger partial charge is 0.309 e. The lowest BCUT2D eigenvalue weighted by molar-refractivity contribution is -0.116. The van der Waals surface area contributed by atoms with Crippen LogP contribution >= 0.6 is 27.5 Å². The molecular formula is C18H19BrClN5O. The summed E-state index contributed by atoms with van der Waals surface area (Å²) in [6, 6.07) is 9.51. The Hall–Kier alpha value is -2.12.